The van der Waals surface area contributed by atoms with Crippen molar-refractivity contribution in [3.05, 3.63) is 17.8 Å². The van der Waals surface area contributed by atoms with E-state index < -0.39 is 0 Å². The third kappa shape index (κ3) is 1.08. The first-order valence-electron chi connectivity index (χ1n) is 2.71. The molecular weight excluding hydrogens is 116 g/mol. The van der Waals surface area contributed by atoms with Gasteiger partial charge in [-0.1, -0.05) is 6.92 Å². The van der Waals surface area contributed by atoms with Gasteiger partial charge >= 0.3 is 0 Å². The first-order chi connectivity index (χ1) is 4.36. The number of oxazole rings is 1. The largest absolute Gasteiger partial charge is 0.448 e. The number of hydrogen-bond acceptors (Lipinski definition) is 3. The Morgan fingerprint density at radius 1 is 1.89 bits per heavy atom. The normalized spacial score (nSPS) is 8.89. The van der Waals surface area contributed by atoms with Crippen molar-refractivity contribution in [1.29, 1.82) is 5.26 Å². The zero-order valence-electron chi connectivity index (χ0n) is 5.09. The van der Waals surface area contributed by atoms with Crippen LogP contribution in [0.1, 0.15) is 18.5 Å². The topological polar surface area (TPSA) is 49.8 Å². The van der Waals surface area contributed by atoms with Crippen LogP contribution < -0.4 is 0 Å². The van der Waals surface area contributed by atoms with Gasteiger partial charge in [-0.05, 0) is 0 Å². The highest BCUT2D eigenvalue weighted by molar-refractivity contribution is 5.14. The van der Waals surface area contributed by atoms with Crippen molar-refractivity contribution in [3.63, 3.8) is 0 Å². The van der Waals surface area contributed by atoms with Gasteiger partial charge in [0.1, 0.15) is 12.3 Å². The molecular formula is C6H6N2O. The third-order valence-electron chi connectivity index (χ3n) is 0.969. The highest BCUT2D eigenvalue weighted by atomic mass is 16.3. The maximum absolute atomic E-state index is 8.27. The second kappa shape index (κ2) is 2.31. The summed E-state index contributed by atoms with van der Waals surface area (Å²) in [5.74, 6) is 0.617. The molecule has 0 N–H and O–H groups in total. The van der Waals surface area contributed by atoms with Gasteiger partial charge in [-0.15, -0.1) is 0 Å². The molecule has 46 valence electrons. The van der Waals surface area contributed by atoms with Crippen LogP contribution in [0.2, 0.25) is 0 Å². The van der Waals surface area contributed by atoms with Crippen molar-refractivity contribution in [2.24, 2.45) is 0 Å². The Hall–Kier alpha value is -1.30. The fraction of sp³-hybridized carbons (Fsp3) is 0.333. The Morgan fingerprint density at radius 2 is 2.67 bits per heavy atom. The molecule has 1 aromatic heterocycles. The highest BCUT2D eigenvalue weighted by Gasteiger charge is 1.97. The molecule has 0 saturated carbocycles. The molecule has 0 aliphatic carbocycles. The molecule has 1 rings (SSSR count). The summed E-state index contributed by atoms with van der Waals surface area (Å²) in [5.41, 5.74) is 0.354. The second-order valence-electron chi connectivity index (χ2n) is 1.59. The van der Waals surface area contributed by atoms with Crippen LogP contribution in [0.15, 0.2) is 10.7 Å². The van der Waals surface area contributed by atoms with E-state index in [0.29, 0.717) is 11.6 Å². The molecule has 0 atom stereocenters. The standard InChI is InChI=1S/C6H6N2O/c1-2-6-8-5(3-7)4-9-6/h4H,2H2,1H3. The molecule has 3 nitrogen and oxygen atoms in total. The third-order valence-corrected chi connectivity index (χ3v) is 0.969. The van der Waals surface area contributed by atoms with Crippen LogP contribution in [0.5, 0.6) is 0 Å². The number of rotatable bonds is 1. The summed E-state index contributed by atoms with van der Waals surface area (Å²) in [5, 5.41) is 8.27. The summed E-state index contributed by atoms with van der Waals surface area (Å²) in [6.45, 7) is 1.92. The minimum Gasteiger partial charge on any atom is -0.448 e. The van der Waals surface area contributed by atoms with Gasteiger partial charge in [0, 0.05) is 6.42 Å². The average Bonchev–Trinajstić information content (AvgIpc) is 2.34. The summed E-state index contributed by atoms with van der Waals surface area (Å²) in [4.78, 5) is 3.82. The second-order valence-corrected chi connectivity index (χ2v) is 1.59. The molecule has 0 aromatic carbocycles. The van der Waals surface area contributed by atoms with Crippen LogP contribution in [0.25, 0.3) is 0 Å². The Bertz CT molecular complexity index is 233. The minimum absolute atomic E-state index is 0.354. The van der Waals surface area contributed by atoms with Gasteiger partial charge in [0.2, 0.25) is 0 Å². The molecule has 3 heteroatoms. The van der Waals surface area contributed by atoms with Crippen molar-refractivity contribution in [1.82, 2.24) is 4.98 Å². The van der Waals surface area contributed by atoms with Crippen molar-refractivity contribution in [2.45, 2.75) is 13.3 Å². The Morgan fingerprint density at radius 3 is 3.00 bits per heavy atom. The fourth-order valence-electron chi connectivity index (χ4n) is 0.525. The number of aromatic nitrogens is 1. The molecule has 0 bridgehead atoms. The summed E-state index contributed by atoms with van der Waals surface area (Å²) >= 11 is 0. The van der Waals surface area contributed by atoms with Crippen molar-refractivity contribution in [3.8, 4) is 6.07 Å². The maximum atomic E-state index is 8.27. The van der Waals surface area contributed by atoms with E-state index in [1.807, 2.05) is 13.0 Å². The van der Waals surface area contributed by atoms with E-state index in [1.54, 1.807) is 0 Å². The first-order valence-corrected chi connectivity index (χ1v) is 2.71. The smallest absolute Gasteiger partial charge is 0.194 e. The van der Waals surface area contributed by atoms with E-state index in [1.165, 1.54) is 6.26 Å². The van der Waals surface area contributed by atoms with Gasteiger partial charge in [0.15, 0.2) is 11.6 Å². The molecule has 1 aromatic rings. The number of hydrogen-bond donors (Lipinski definition) is 0. The van der Waals surface area contributed by atoms with Crippen LogP contribution in [-0.4, -0.2) is 4.98 Å². The molecule has 0 fully saturated rings. The summed E-state index contributed by atoms with van der Waals surface area (Å²) < 4.78 is 4.87. The van der Waals surface area contributed by atoms with E-state index in [9.17, 15) is 0 Å². The molecule has 0 unspecified atom stereocenters. The maximum Gasteiger partial charge on any atom is 0.194 e. The van der Waals surface area contributed by atoms with Crippen LogP contribution in [0.3, 0.4) is 0 Å². The molecule has 1 heterocycles. The fourth-order valence-corrected chi connectivity index (χ4v) is 0.525. The predicted octanol–water partition coefficient (Wildman–Crippen LogP) is 1.11. The Labute approximate surface area is 52.9 Å². The van der Waals surface area contributed by atoms with Gasteiger partial charge in [0.25, 0.3) is 0 Å². The summed E-state index contributed by atoms with van der Waals surface area (Å²) in [6, 6.07) is 1.88. The zero-order valence-corrected chi connectivity index (χ0v) is 5.09. The van der Waals surface area contributed by atoms with E-state index >= 15 is 0 Å². The van der Waals surface area contributed by atoms with Crippen LogP contribution in [0, 0.1) is 11.3 Å². The molecule has 0 aliphatic rings. The molecule has 0 amide bonds. The van der Waals surface area contributed by atoms with Crippen molar-refractivity contribution >= 4 is 0 Å². The first kappa shape index (κ1) is 5.83. The average molecular weight is 122 g/mol. The lowest BCUT2D eigenvalue weighted by atomic mass is 10.5. The lowest BCUT2D eigenvalue weighted by Crippen LogP contribution is -1.77. The van der Waals surface area contributed by atoms with Gasteiger partial charge in [-0.3, -0.25) is 0 Å². The van der Waals surface area contributed by atoms with Gasteiger partial charge in [-0.2, -0.15) is 5.26 Å². The number of nitriles is 1. The molecule has 0 aliphatic heterocycles. The van der Waals surface area contributed by atoms with E-state index in [4.69, 9.17) is 9.68 Å². The van der Waals surface area contributed by atoms with Gasteiger partial charge < -0.3 is 4.42 Å². The SMILES string of the molecule is CCc1nc(C#N)co1. The summed E-state index contributed by atoms with van der Waals surface area (Å²) in [7, 11) is 0. The summed E-state index contributed by atoms with van der Waals surface area (Å²) in [6.07, 6.45) is 2.10. The Kier molecular flexibility index (Phi) is 1.50. The highest BCUT2D eigenvalue weighted by Crippen LogP contribution is 1.99. The molecule has 0 spiro atoms. The van der Waals surface area contributed by atoms with E-state index in [2.05, 4.69) is 4.98 Å². The van der Waals surface area contributed by atoms with Crippen molar-refractivity contribution < 1.29 is 4.42 Å². The van der Waals surface area contributed by atoms with Crippen LogP contribution >= 0.6 is 0 Å². The predicted molar refractivity (Wildman–Crippen MR) is 30.6 cm³/mol. The van der Waals surface area contributed by atoms with Gasteiger partial charge in [-0.25, -0.2) is 4.98 Å². The minimum atomic E-state index is 0.354. The number of nitrogens with zero attached hydrogens (tertiary/aromatic N) is 2. The number of aryl methyl sites for hydroxylation is 1. The zero-order chi connectivity index (χ0) is 6.69. The van der Waals surface area contributed by atoms with Gasteiger partial charge in [0.05, 0.1) is 0 Å². The molecule has 0 saturated heterocycles. The van der Waals surface area contributed by atoms with E-state index in [-0.39, 0.29) is 0 Å². The van der Waals surface area contributed by atoms with Crippen molar-refractivity contribution in [2.75, 3.05) is 0 Å². The van der Waals surface area contributed by atoms with Crippen LogP contribution in [0.4, 0.5) is 0 Å². The molecule has 9 heavy (non-hydrogen) atoms. The van der Waals surface area contributed by atoms with Crippen LogP contribution in [-0.2, 0) is 6.42 Å². The lowest BCUT2D eigenvalue weighted by molar-refractivity contribution is 0.501. The Balaban J connectivity index is 2.90. The monoisotopic (exact) mass is 122 g/mol. The lowest BCUT2D eigenvalue weighted by Gasteiger charge is -1.77. The van der Waals surface area contributed by atoms with E-state index in [0.717, 1.165) is 6.42 Å². The molecule has 0 radical (unpaired) electrons. The quantitative estimate of drug-likeness (QED) is 0.560.